The average molecular weight is 672 g/mol. The molecule has 7 nitrogen and oxygen atoms in total. The molecule has 0 spiro atoms. The van der Waals surface area contributed by atoms with E-state index in [1.165, 1.54) is 44.9 Å². The predicted octanol–water partition coefficient (Wildman–Crippen LogP) is 10.5. The molecule has 1 saturated heterocycles. The van der Waals surface area contributed by atoms with Crippen molar-refractivity contribution in [2.24, 2.45) is 0 Å². The topological polar surface area (TPSA) is 75.3 Å². The Morgan fingerprint density at radius 1 is 0.844 bits per heavy atom. The maximum Gasteiger partial charge on any atom is 0.408 e. The third-order valence-electron chi connectivity index (χ3n) is 9.55. The first-order valence-corrected chi connectivity index (χ1v) is 23.7. The molecule has 0 aromatic heterocycles. The predicted molar refractivity (Wildman–Crippen MR) is 194 cm³/mol. The van der Waals surface area contributed by atoms with Gasteiger partial charge in [-0.25, -0.2) is 4.79 Å². The van der Waals surface area contributed by atoms with Crippen LogP contribution in [-0.2, 0) is 23.1 Å². The number of unbranched alkanes of at least 4 members (excludes halogenated alkanes) is 7. The first-order valence-electron chi connectivity index (χ1n) is 17.9. The van der Waals surface area contributed by atoms with Crippen molar-refractivity contribution < 1.29 is 27.9 Å². The van der Waals surface area contributed by atoms with Crippen LogP contribution in [0.15, 0.2) is 12.2 Å². The normalized spacial score (nSPS) is 18.6. The molecule has 0 aliphatic carbocycles. The molecule has 1 aliphatic heterocycles. The Labute approximate surface area is 280 Å². The molecule has 1 N–H and O–H groups in total. The van der Waals surface area contributed by atoms with E-state index in [0.29, 0.717) is 6.61 Å². The Morgan fingerprint density at radius 2 is 1.42 bits per heavy atom. The maximum atomic E-state index is 13.0. The highest BCUT2D eigenvalue weighted by Gasteiger charge is 2.42. The largest absolute Gasteiger partial charge is 0.444 e. The molecule has 1 rings (SSSR count). The lowest BCUT2D eigenvalue weighted by atomic mass is 10.1. The molecule has 1 amide bonds. The second kappa shape index (κ2) is 19.3. The van der Waals surface area contributed by atoms with Gasteiger partial charge in [-0.3, -0.25) is 0 Å². The highest BCUT2D eigenvalue weighted by atomic mass is 28.4. The summed E-state index contributed by atoms with van der Waals surface area (Å²) in [5.74, 6) is 0. The fourth-order valence-electron chi connectivity index (χ4n) is 4.50. The molecule has 266 valence electrons. The Morgan fingerprint density at radius 3 is 1.96 bits per heavy atom. The van der Waals surface area contributed by atoms with E-state index in [-0.39, 0.29) is 28.5 Å². The summed E-state index contributed by atoms with van der Waals surface area (Å²) >= 11 is 0. The molecule has 45 heavy (non-hydrogen) atoms. The van der Waals surface area contributed by atoms with Crippen LogP contribution in [0.25, 0.3) is 0 Å². The number of carbonyl (C=O) groups is 1. The molecule has 0 aromatic rings. The molecule has 9 heteroatoms. The molecule has 0 aromatic carbocycles. The molecule has 1 fully saturated rings. The monoisotopic (exact) mass is 671 g/mol. The number of rotatable bonds is 19. The van der Waals surface area contributed by atoms with Crippen molar-refractivity contribution in [1.29, 1.82) is 0 Å². The van der Waals surface area contributed by atoms with Crippen LogP contribution >= 0.6 is 0 Å². The number of ether oxygens (including phenoxy) is 3. The van der Waals surface area contributed by atoms with Crippen LogP contribution in [-0.4, -0.2) is 66.6 Å². The van der Waals surface area contributed by atoms with Gasteiger partial charge in [-0.15, -0.1) is 0 Å². The van der Waals surface area contributed by atoms with Crippen LogP contribution in [0.1, 0.15) is 133 Å². The van der Waals surface area contributed by atoms with Gasteiger partial charge in [0.1, 0.15) is 5.60 Å². The van der Waals surface area contributed by atoms with Crippen molar-refractivity contribution in [3.05, 3.63) is 12.2 Å². The van der Waals surface area contributed by atoms with E-state index in [1.54, 1.807) is 0 Å². The van der Waals surface area contributed by atoms with E-state index < -0.39 is 28.3 Å². The van der Waals surface area contributed by atoms with Gasteiger partial charge in [0, 0.05) is 13.2 Å². The average Bonchev–Trinajstić information content (AvgIpc) is 2.89. The lowest BCUT2D eigenvalue weighted by Gasteiger charge is -2.42. The minimum atomic E-state index is -2.15. The number of nitrogens with one attached hydrogen (secondary N) is 1. The Hall–Kier alpha value is -0.716. The molecule has 1 unspecified atom stereocenters. The van der Waals surface area contributed by atoms with E-state index in [1.807, 2.05) is 20.8 Å². The smallest absolute Gasteiger partial charge is 0.408 e. The molecule has 1 heterocycles. The number of amides is 1. The number of allylic oxidation sites excluding steroid dienone is 1. The van der Waals surface area contributed by atoms with E-state index in [2.05, 4.69) is 85.2 Å². The van der Waals surface area contributed by atoms with Crippen molar-refractivity contribution in [2.45, 2.75) is 193 Å². The minimum Gasteiger partial charge on any atom is -0.444 e. The van der Waals surface area contributed by atoms with Crippen molar-refractivity contribution in [3.8, 4) is 0 Å². The Kier molecular flexibility index (Phi) is 18.2. The maximum absolute atomic E-state index is 13.0. The van der Waals surface area contributed by atoms with Gasteiger partial charge in [-0.05, 0) is 95.6 Å². The zero-order valence-corrected chi connectivity index (χ0v) is 33.7. The van der Waals surface area contributed by atoms with Gasteiger partial charge in [-0.1, -0.05) is 85.8 Å². The fourth-order valence-corrected chi connectivity index (χ4v) is 6.81. The van der Waals surface area contributed by atoms with E-state index in [9.17, 15) is 4.79 Å². The molecule has 0 saturated carbocycles. The number of hydrogen-bond donors (Lipinski definition) is 1. The number of carbonyl (C=O) groups excluding carboxylic acids is 1. The summed E-state index contributed by atoms with van der Waals surface area (Å²) < 4.78 is 30.8. The Balaban J connectivity index is 2.76. The van der Waals surface area contributed by atoms with E-state index in [4.69, 9.17) is 23.1 Å². The molecule has 0 radical (unpaired) electrons. The molecule has 1 aliphatic rings. The third-order valence-corrected chi connectivity index (χ3v) is 18.5. The van der Waals surface area contributed by atoms with Crippen molar-refractivity contribution in [3.63, 3.8) is 0 Å². The second-order valence-corrected chi connectivity index (χ2v) is 26.6. The van der Waals surface area contributed by atoms with Gasteiger partial charge in [-0.2, -0.15) is 0 Å². The van der Waals surface area contributed by atoms with Gasteiger partial charge in [0.2, 0.25) is 0 Å². The molecule has 0 bridgehead atoms. The number of hydrogen-bond acceptors (Lipinski definition) is 6. The van der Waals surface area contributed by atoms with Crippen molar-refractivity contribution in [2.75, 3.05) is 19.8 Å². The van der Waals surface area contributed by atoms with Crippen molar-refractivity contribution in [1.82, 2.24) is 5.32 Å². The summed E-state index contributed by atoms with van der Waals surface area (Å²) in [6.07, 6.45) is 16.7. The molecule has 3 atom stereocenters. The third kappa shape index (κ3) is 17.9. The van der Waals surface area contributed by atoms with E-state index in [0.717, 1.165) is 38.9 Å². The quantitative estimate of drug-likeness (QED) is 0.0837. The minimum absolute atomic E-state index is 0.0334. The standard InChI is InChI=1S/C36H73NO6Si2/c1-34(2,3)42-33(38)37-30(29-41-44(10,11)35(4,5)6)31(43-45(12,13)36(7,8)9)25-21-19-17-15-14-16-18-20-23-27-39-32-26-22-24-28-40-32/h21,25,30-32H,14-20,22-24,26-29H2,1-13H3,(H,37,38)/b25-21+/t30-,31+,32?/m0/s1. The Bertz CT molecular complexity index is 851. The van der Waals surface area contributed by atoms with Crippen LogP contribution in [0.5, 0.6) is 0 Å². The lowest BCUT2D eigenvalue weighted by Crippen LogP contribution is -2.55. The van der Waals surface area contributed by atoms with Crippen LogP contribution < -0.4 is 5.32 Å². The SMILES string of the molecule is CC(C)(C)OC(=O)N[C@@H](CO[Si](C)(C)C(C)(C)C)[C@@H](/C=C/CCCCCCCCCOC1CCCCO1)O[Si](C)(C)C(C)(C)C. The van der Waals surface area contributed by atoms with Gasteiger partial charge >= 0.3 is 6.09 Å². The summed E-state index contributed by atoms with van der Waals surface area (Å²) in [6.45, 7) is 30.2. The highest BCUT2D eigenvalue weighted by Crippen LogP contribution is 2.39. The van der Waals surface area contributed by atoms with Gasteiger partial charge < -0.3 is 28.4 Å². The van der Waals surface area contributed by atoms with Crippen LogP contribution in [0.4, 0.5) is 4.79 Å². The zero-order valence-electron chi connectivity index (χ0n) is 31.7. The van der Waals surface area contributed by atoms with E-state index >= 15 is 0 Å². The van der Waals surface area contributed by atoms with Gasteiger partial charge in [0.05, 0.1) is 18.8 Å². The fraction of sp³-hybridized carbons (Fsp3) is 0.917. The van der Waals surface area contributed by atoms with Crippen molar-refractivity contribution >= 4 is 22.7 Å². The van der Waals surface area contributed by atoms with Gasteiger partial charge in [0.15, 0.2) is 22.9 Å². The summed E-state index contributed by atoms with van der Waals surface area (Å²) in [4.78, 5) is 13.0. The second-order valence-electron chi connectivity index (χ2n) is 17.0. The molecular weight excluding hydrogens is 599 g/mol. The van der Waals surface area contributed by atoms with Crippen LogP contribution in [0.2, 0.25) is 36.3 Å². The molecular formula is C36H73NO6Si2. The first kappa shape index (κ1) is 42.3. The zero-order chi connectivity index (χ0) is 34.4. The summed E-state index contributed by atoms with van der Waals surface area (Å²) in [5.41, 5.74) is -0.585. The van der Waals surface area contributed by atoms with Crippen LogP contribution in [0, 0.1) is 0 Å². The summed E-state index contributed by atoms with van der Waals surface area (Å²) in [5, 5.41) is 3.24. The number of alkyl carbamates (subject to hydrolysis) is 1. The summed E-state index contributed by atoms with van der Waals surface area (Å²) in [6, 6.07) is -0.354. The highest BCUT2D eigenvalue weighted by molar-refractivity contribution is 6.74. The summed E-state index contributed by atoms with van der Waals surface area (Å²) in [7, 11) is -4.21. The van der Waals surface area contributed by atoms with Gasteiger partial charge in [0.25, 0.3) is 0 Å². The van der Waals surface area contributed by atoms with Crippen LogP contribution in [0.3, 0.4) is 0 Å². The lowest BCUT2D eigenvalue weighted by molar-refractivity contribution is -0.162. The first-order chi connectivity index (χ1) is 20.6.